The topological polar surface area (TPSA) is 93.1 Å². The molecule has 0 fully saturated rings. The Morgan fingerprint density at radius 1 is 1.10 bits per heavy atom. The summed E-state index contributed by atoms with van der Waals surface area (Å²) >= 11 is 0. The van der Waals surface area contributed by atoms with Gasteiger partial charge in [-0.1, -0.05) is 37.3 Å². The third kappa shape index (κ3) is 4.60. The standard InChI is InChI=1S/C22H21FN4O3/c1-3-15-8-4-6-10-17(15)25-20(29)13-24-22(30)21-19(28)12-14(2)27(26-21)18-11-7-5-9-16(18)23/h4-12H,3,13H2,1-2H3,(H,24,30)(H,25,29). The summed E-state index contributed by atoms with van der Waals surface area (Å²) in [6.45, 7) is 3.21. The third-order valence-corrected chi connectivity index (χ3v) is 4.49. The average Bonchev–Trinajstić information content (AvgIpc) is 2.73. The van der Waals surface area contributed by atoms with E-state index in [-0.39, 0.29) is 12.2 Å². The molecule has 0 unspecified atom stereocenters. The van der Waals surface area contributed by atoms with Gasteiger partial charge in [0.1, 0.15) is 11.5 Å². The highest BCUT2D eigenvalue weighted by molar-refractivity contribution is 5.98. The average molecular weight is 408 g/mol. The Hall–Kier alpha value is -3.81. The summed E-state index contributed by atoms with van der Waals surface area (Å²) in [7, 11) is 0. The molecular weight excluding hydrogens is 387 g/mol. The number of rotatable bonds is 6. The summed E-state index contributed by atoms with van der Waals surface area (Å²) < 4.78 is 15.3. The van der Waals surface area contributed by atoms with Gasteiger partial charge in [0.05, 0.1) is 6.54 Å². The van der Waals surface area contributed by atoms with Gasteiger partial charge in [0.2, 0.25) is 11.3 Å². The van der Waals surface area contributed by atoms with Crippen molar-refractivity contribution in [1.29, 1.82) is 0 Å². The second-order valence-corrected chi connectivity index (χ2v) is 6.60. The van der Waals surface area contributed by atoms with Gasteiger partial charge >= 0.3 is 0 Å². The number of amides is 2. The molecule has 8 heteroatoms. The highest BCUT2D eigenvalue weighted by Crippen LogP contribution is 2.15. The van der Waals surface area contributed by atoms with E-state index in [9.17, 15) is 18.8 Å². The van der Waals surface area contributed by atoms with Gasteiger partial charge < -0.3 is 10.6 Å². The Morgan fingerprint density at radius 2 is 1.80 bits per heavy atom. The molecule has 2 N–H and O–H groups in total. The molecule has 3 aromatic rings. The first-order chi connectivity index (χ1) is 14.4. The Morgan fingerprint density at radius 3 is 2.53 bits per heavy atom. The van der Waals surface area contributed by atoms with E-state index in [0.29, 0.717) is 11.4 Å². The molecule has 7 nitrogen and oxygen atoms in total. The fourth-order valence-electron chi connectivity index (χ4n) is 2.96. The molecule has 154 valence electrons. The summed E-state index contributed by atoms with van der Waals surface area (Å²) in [5.41, 5.74) is 1.06. The van der Waals surface area contributed by atoms with Gasteiger partial charge in [-0.25, -0.2) is 9.07 Å². The minimum Gasteiger partial charge on any atom is -0.341 e. The second kappa shape index (κ2) is 9.13. The Labute approximate surface area is 172 Å². The van der Waals surface area contributed by atoms with Gasteiger partial charge in [0.25, 0.3) is 5.91 Å². The maximum absolute atomic E-state index is 14.1. The Kier molecular flexibility index (Phi) is 6.36. The van der Waals surface area contributed by atoms with Gasteiger partial charge in [-0.2, -0.15) is 5.10 Å². The van der Waals surface area contributed by atoms with Crippen molar-refractivity contribution in [1.82, 2.24) is 15.1 Å². The molecule has 0 aliphatic carbocycles. The zero-order chi connectivity index (χ0) is 21.7. The molecule has 1 heterocycles. The molecule has 0 saturated heterocycles. The van der Waals surface area contributed by atoms with E-state index in [1.807, 2.05) is 19.1 Å². The van der Waals surface area contributed by atoms with Crippen LogP contribution in [0.15, 0.2) is 59.4 Å². The number of aromatic nitrogens is 2. The van der Waals surface area contributed by atoms with Gasteiger partial charge in [0, 0.05) is 17.4 Å². The van der Waals surface area contributed by atoms with Crippen LogP contribution in [-0.2, 0) is 11.2 Å². The normalized spacial score (nSPS) is 10.5. The van der Waals surface area contributed by atoms with E-state index in [4.69, 9.17) is 0 Å². The number of para-hydroxylation sites is 2. The molecular formula is C22H21FN4O3. The number of carbonyl (C=O) groups is 2. The fourth-order valence-corrected chi connectivity index (χ4v) is 2.96. The van der Waals surface area contributed by atoms with E-state index < -0.39 is 28.8 Å². The van der Waals surface area contributed by atoms with Crippen LogP contribution in [0.5, 0.6) is 0 Å². The quantitative estimate of drug-likeness (QED) is 0.656. The smallest absolute Gasteiger partial charge is 0.276 e. The number of nitrogens with zero attached hydrogens (tertiary/aromatic N) is 2. The van der Waals surface area contributed by atoms with Gasteiger partial charge in [-0.3, -0.25) is 14.4 Å². The summed E-state index contributed by atoms with van der Waals surface area (Å²) in [4.78, 5) is 36.9. The highest BCUT2D eigenvalue weighted by atomic mass is 19.1. The summed E-state index contributed by atoms with van der Waals surface area (Å²) in [5, 5.41) is 9.13. The van der Waals surface area contributed by atoms with Crippen molar-refractivity contribution in [3.8, 4) is 5.69 Å². The molecule has 0 atom stereocenters. The number of hydrogen-bond donors (Lipinski definition) is 2. The van der Waals surface area contributed by atoms with Crippen LogP contribution < -0.4 is 16.1 Å². The van der Waals surface area contributed by atoms with Gasteiger partial charge in [-0.05, 0) is 37.1 Å². The zero-order valence-electron chi connectivity index (χ0n) is 16.6. The van der Waals surface area contributed by atoms with Crippen LogP contribution in [0.4, 0.5) is 10.1 Å². The monoisotopic (exact) mass is 408 g/mol. The third-order valence-electron chi connectivity index (χ3n) is 4.49. The van der Waals surface area contributed by atoms with Crippen LogP contribution in [-0.4, -0.2) is 28.1 Å². The Bertz CT molecular complexity index is 1160. The van der Waals surface area contributed by atoms with E-state index in [1.165, 1.54) is 28.9 Å². The molecule has 2 aromatic carbocycles. The maximum atomic E-state index is 14.1. The van der Waals surface area contributed by atoms with Gasteiger partial charge in [-0.15, -0.1) is 0 Å². The Balaban J connectivity index is 1.75. The number of carbonyl (C=O) groups excluding carboxylic acids is 2. The molecule has 0 spiro atoms. The van der Waals surface area contributed by atoms with Crippen LogP contribution in [0.2, 0.25) is 0 Å². The predicted molar refractivity (Wildman–Crippen MR) is 111 cm³/mol. The maximum Gasteiger partial charge on any atom is 0.276 e. The number of anilines is 1. The van der Waals surface area contributed by atoms with Gasteiger partial charge in [0.15, 0.2) is 5.69 Å². The van der Waals surface area contributed by atoms with Crippen LogP contribution in [0, 0.1) is 12.7 Å². The summed E-state index contributed by atoms with van der Waals surface area (Å²) in [5.74, 6) is -1.80. The molecule has 30 heavy (non-hydrogen) atoms. The lowest BCUT2D eigenvalue weighted by molar-refractivity contribution is -0.115. The first kappa shape index (κ1) is 20.9. The van der Waals surface area contributed by atoms with E-state index in [1.54, 1.807) is 25.1 Å². The van der Waals surface area contributed by atoms with E-state index >= 15 is 0 Å². The molecule has 1 aromatic heterocycles. The number of aryl methyl sites for hydroxylation is 2. The zero-order valence-corrected chi connectivity index (χ0v) is 16.6. The minimum atomic E-state index is -0.816. The molecule has 0 radical (unpaired) electrons. The van der Waals surface area contributed by atoms with Crippen molar-refractivity contribution < 1.29 is 14.0 Å². The number of nitrogens with one attached hydrogen (secondary N) is 2. The largest absolute Gasteiger partial charge is 0.341 e. The minimum absolute atomic E-state index is 0.109. The molecule has 0 saturated carbocycles. The number of hydrogen-bond acceptors (Lipinski definition) is 4. The lowest BCUT2D eigenvalue weighted by Gasteiger charge is -2.12. The van der Waals surface area contributed by atoms with Crippen molar-refractivity contribution in [3.63, 3.8) is 0 Å². The van der Waals surface area contributed by atoms with Crippen molar-refractivity contribution in [2.24, 2.45) is 0 Å². The predicted octanol–water partition coefficient (Wildman–Crippen LogP) is 2.61. The van der Waals surface area contributed by atoms with Crippen molar-refractivity contribution in [2.75, 3.05) is 11.9 Å². The molecule has 0 aliphatic heterocycles. The molecule has 0 aliphatic rings. The number of benzene rings is 2. The lowest BCUT2D eigenvalue weighted by Crippen LogP contribution is -2.37. The van der Waals surface area contributed by atoms with E-state index in [0.717, 1.165) is 12.0 Å². The molecule has 3 rings (SSSR count). The van der Waals surface area contributed by atoms with Crippen molar-refractivity contribution >= 4 is 17.5 Å². The summed E-state index contributed by atoms with van der Waals surface area (Å²) in [6, 6.07) is 14.4. The highest BCUT2D eigenvalue weighted by Gasteiger charge is 2.17. The first-order valence-corrected chi connectivity index (χ1v) is 9.42. The summed E-state index contributed by atoms with van der Waals surface area (Å²) in [6.07, 6.45) is 0.742. The molecule has 2 amide bonds. The number of halogens is 1. The van der Waals surface area contributed by atoms with Crippen LogP contribution in [0.25, 0.3) is 5.69 Å². The van der Waals surface area contributed by atoms with Crippen molar-refractivity contribution in [3.05, 3.63) is 87.6 Å². The SMILES string of the molecule is CCc1ccccc1NC(=O)CNC(=O)c1nn(-c2ccccc2F)c(C)cc1=O. The molecule has 0 bridgehead atoms. The lowest BCUT2D eigenvalue weighted by atomic mass is 10.1. The van der Waals surface area contributed by atoms with E-state index in [2.05, 4.69) is 15.7 Å². The fraction of sp³-hybridized carbons (Fsp3) is 0.182. The van der Waals surface area contributed by atoms with Crippen LogP contribution in [0.1, 0.15) is 28.7 Å². The second-order valence-electron chi connectivity index (χ2n) is 6.60. The van der Waals surface area contributed by atoms with Crippen LogP contribution >= 0.6 is 0 Å². The van der Waals surface area contributed by atoms with Crippen LogP contribution in [0.3, 0.4) is 0 Å². The van der Waals surface area contributed by atoms with Crippen molar-refractivity contribution in [2.45, 2.75) is 20.3 Å². The first-order valence-electron chi connectivity index (χ1n) is 9.42.